The van der Waals surface area contributed by atoms with E-state index in [1.807, 2.05) is 72.8 Å². The second kappa shape index (κ2) is 8.97. The van der Waals surface area contributed by atoms with Gasteiger partial charge in [0.2, 0.25) is 5.91 Å². The lowest BCUT2D eigenvalue weighted by atomic mass is 10.2. The Morgan fingerprint density at radius 2 is 1.47 bits per heavy atom. The number of nitrogens with zero attached hydrogens (tertiary/aromatic N) is 3. The molecule has 4 aromatic rings. The van der Waals surface area contributed by atoms with Crippen molar-refractivity contribution in [1.29, 1.82) is 0 Å². The van der Waals surface area contributed by atoms with Crippen LogP contribution < -0.4 is 10.6 Å². The molecule has 0 radical (unpaired) electrons. The summed E-state index contributed by atoms with van der Waals surface area (Å²) < 4.78 is 6.39. The number of rotatable bonds is 6. The SMILES string of the molecule is COC(=O)[C@@H](CC(=O)n1nnc2ccccc21)P(c1ccccc1)c1ccccc1. The molecule has 3 aromatic carbocycles. The Morgan fingerprint density at radius 3 is 2.07 bits per heavy atom. The number of hydrogen-bond donors (Lipinski definition) is 0. The summed E-state index contributed by atoms with van der Waals surface area (Å²) in [4.78, 5) is 26.0. The third kappa shape index (κ3) is 4.00. The van der Waals surface area contributed by atoms with Crippen LogP contribution in [0, 0.1) is 0 Å². The van der Waals surface area contributed by atoms with E-state index in [4.69, 9.17) is 4.74 Å². The number of esters is 1. The Morgan fingerprint density at radius 1 is 0.900 bits per heavy atom. The second-order valence-corrected chi connectivity index (χ2v) is 9.06. The van der Waals surface area contributed by atoms with Crippen LogP contribution in [-0.4, -0.2) is 39.6 Å². The van der Waals surface area contributed by atoms with Gasteiger partial charge in [-0.25, -0.2) is 0 Å². The minimum atomic E-state index is -1.17. The van der Waals surface area contributed by atoms with Gasteiger partial charge in [0.25, 0.3) is 0 Å². The molecule has 4 rings (SSSR count). The molecule has 1 heterocycles. The number of ether oxygens (including phenoxy) is 1. The zero-order valence-corrected chi connectivity index (χ0v) is 17.3. The van der Waals surface area contributed by atoms with E-state index in [1.165, 1.54) is 11.8 Å². The van der Waals surface area contributed by atoms with Crippen LogP contribution in [0.1, 0.15) is 11.2 Å². The molecule has 30 heavy (non-hydrogen) atoms. The normalized spacial score (nSPS) is 12.1. The number of fused-ring (bicyclic) bond motifs is 1. The molecule has 0 bridgehead atoms. The van der Waals surface area contributed by atoms with E-state index < -0.39 is 19.5 Å². The van der Waals surface area contributed by atoms with Crippen molar-refractivity contribution in [2.24, 2.45) is 0 Å². The molecule has 6 nitrogen and oxygen atoms in total. The molecule has 0 aliphatic heterocycles. The molecule has 0 N–H and O–H groups in total. The number of aromatic nitrogens is 3. The highest BCUT2D eigenvalue weighted by molar-refractivity contribution is 7.74. The van der Waals surface area contributed by atoms with Crippen molar-refractivity contribution in [2.75, 3.05) is 7.11 Å². The fourth-order valence-electron chi connectivity index (χ4n) is 3.41. The van der Waals surface area contributed by atoms with Crippen LogP contribution in [0.15, 0.2) is 84.9 Å². The summed E-state index contributed by atoms with van der Waals surface area (Å²) in [7, 11) is 0.187. The molecule has 1 atom stereocenters. The number of para-hydroxylation sites is 1. The lowest BCUT2D eigenvalue weighted by Gasteiger charge is -2.26. The van der Waals surface area contributed by atoms with Crippen LogP contribution in [0.2, 0.25) is 0 Å². The minimum absolute atomic E-state index is 0.0322. The maximum atomic E-state index is 13.2. The highest BCUT2D eigenvalue weighted by Crippen LogP contribution is 2.42. The molecule has 0 amide bonds. The van der Waals surface area contributed by atoms with Crippen LogP contribution in [-0.2, 0) is 9.53 Å². The van der Waals surface area contributed by atoms with Crippen molar-refractivity contribution in [3.05, 3.63) is 84.9 Å². The molecule has 0 aliphatic rings. The first kappa shape index (κ1) is 19.9. The lowest BCUT2D eigenvalue weighted by Crippen LogP contribution is -2.33. The van der Waals surface area contributed by atoms with Gasteiger partial charge in [0.1, 0.15) is 5.52 Å². The first-order valence-corrected chi connectivity index (χ1v) is 10.9. The van der Waals surface area contributed by atoms with E-state index >= 15 is 0 Å². The monoisotopic (exact) mass is 417 g/mol. The van der Waals surface area contributed by atoms with Crippen LogP contribution in [0.25, 0.3) is 11.0 Å². The van der Waals surface area contributed by atoms with Crippen molar-refractivity contribution >= 4 is 41.4 Å². The van der Waals surface area contributed by atoms with Gasteiger partial charge < -0.3 is 4.74 Å². The molecular formula is C23H20N3O3P. The van der Waals surface area contributed by atoms with Crippen molar-refractivity contribution < 1.29 is 14.3 Å². The van der Waals surface area contributed by atoms with Gasteiger partial charge in [-0.05, 0) is 30.7 Å². The van der Waals surface area contributed by atoms with E-state index in [-0.39, 0.29) is 12.3 Å². The number of carbonyl (C=O) groups excluding carboxylic acids is 2. The molecule has 0 fully saturated rings. The molecular weight excluding hydrogens is 397 g/mol. The molecule has 0 saturated carbocycles. The fraction of sp³-hybridized carbons (Fsp3) is 0.130. The zero-order valence-electron chi connectivity index (χ0n) is 16.4. The Kier molecular flexibility index (Phi) is 5.96. The van der Waals surface area contributed by atoms with Gasteiger partial charge in [-0.2, -0.15) is 4.68 Å². The van der Waals surface area contributed by atoms with E-state index in [1.54, 1.807) is 12.1 Å². The van der Waals surface area contributed by atoms with Gasteiger partial charge in [0.05, 0.1) is 18.3 Å². The largest absolute Gasteiger partial charge is 0.469 e. The summed E-state index contributed by atoms with van der Waals surface area (Å²) in [6.45, 7) is 0. The maximum Gasteiger partial charge on any atom is 0.314 e. The van der Waals surface area contributed by atoms with Crippen molar-refractivity contribution in [3.63, 3.8) is 0 Å². The van der Waals surface area contributed by atoms with Gasteiger partial charge in [-0.1, -0.05) is 78.0 Å². The third-order valence-electron chi connectivity index (χ3n) is 4.81. The molecule has 1 aromatic heterocycles. The van der Waals surface area contributed by atoms with E-state index in [0.29, 0.717) is 11.0 Å². The number of carbonyl (C=O) groups is 2. The Labute approximate surface area is 175 Å². The minimum Gasteiger partial charge on any atom is -0.469 e. The summed E-state index contributed by atoms with van der Waals surface area (Å²) in [6, 6.07) is 26.8. The Hall–Kier alpha value is -3.37. The Balaban J connectivity index is 1.75. The molecule has 150 valence electrons. The van der Waals surface area contributed by atoms with Crippen molar-refractivity contribution in [1.82, 2.24) is 15.0 Å². The fourth-order valence-corrected chi connectivity index (χ4v) is 6.07. The number of methoxy groups -OCH3 is 1. The third-order valence-corrected chi connectivity index (χ3v) is 7.54. The average molecular weight is 417 g/mol. The number of benzene rings is 3. The smallest absolute Gasteiger partial charge is 0.314 e. The first-order chi connectivity index (χ1) is 14.7. The summed E-state index contributed by atoms with van der Waals surface area (Å²) in [5.41, 5.74) is 0.606. The first-order valence-electron chi connectivity index (χ1n) is 9.50. The van der Waals surface area contributed by atoms with Crippen LogP contribution in [0.5, 0.6) is 0 Å². The molecule has 0 aliphatic carbocycles. The van der Waals surface area contributed by atoms with Gasteiger partial charge in [-0.15, -0.1) is 5.10 Å². The molecule has 0 saturated heterocycles. The van der Waals surface area contributed by atoms with Gasteiger partial charge in [0.15, 0.2) is 0 Å². The standard InChI is InChI=1S/C23H20N3O3P/c1-29-23(28)21(16-22(27)26-20-15-9-8-14-19(20)24-25-26)30(17-10-4-2-5-11-17)18-12-6-3-7-13-18/h2-15,21H,16H2,1H3/t21-/m1/s1. The summed E-state index contributed by atoms with van der Waals surface area (Å²) in [5.74, 6) is -0.704. The summed E-state index contributed by atoms with van der Waals surface area (Å²) in [6.07, 6.45) is -0.0322. The van der Waals surface area contributed by atoms with E-state index in [0.717, 1.165) is 10.6 Å². The quantitative estimate of drug-likeness (QED) is 0.356. The highest BCUT2D eigenvalue weighted by atomic mass is 31.1. The van der Waals surface area contributed by atoms with Crippen LogP contribution >= 0.6 is 7.92 Å². The van der Waals surface area contributed by atoms with Crippen LogP contribution in [0.3, 0.4) is 0 Å². The summed E-state index contributed by atoms with van der Waals surface area (Å²) in [5, 5.41) is 10.1. The predicted octanol–water partition coefficient (Wildman–Crippen LogP) is 3.14. The lowest BCUT2D eigenvalue weighted by molar-refractivity contribution is -0.140. The molecule has 7 heteroatoms. The van der Waals surface area contributed by atoms with Gasteiger partial charge in [0, 0.05) is 6.42 Å². The maximum absolute atomic E-state index is 13.2. The van der Waals surface area contributed by atoms with E-state index in [2.05, 4.69) is 10.3 Å². The van der Waals surface area contributed by atoms with E-state index in [9.17, 15) is 9.59 Å². The van der Waals surface area contributed by atoms with Crippen molar-refractivity contribution in [2.45, 2.75) is 12.1 Å². The topological polar surface area (TPSA) is 74.1 Å². The molecule has 0 unspecified atom stereocenters. The number of hydrogen-bond acceptors (Lipinski definition) is 5. The van der Waals surface area contributed by atoms with Crippen LogP contribution in [0.4, 0.5) is 0 Å². The summed E-state index contributed by atoms with van der Waals surface area (Å²) >= 11 is 0. The predicted molar refractivity (Wildman–Crippen MR) is 118 cm³/mol. The zero-order chi connectivity index (χ0) is 20.9. The Bertz CT molecular complexity index is 1120. The highest BCUT2D eigenvalue weighted by Gasteiger charge is 2.34. The molecule has 0 spiro atoms. The van der Waals surface area contributed by atoms with Gasteiger partial charge in [-0.3, -0.25) is 9.59 Å². The van der Waals surface area contributed by atoms with Crippen molar-refractivity contribution in [3.8, 4) is 0 Å². The average Bonchev–Trinajstić information content (AvgIpc) is 3.24. The second-order valence-electron chi connectivity index (χ2n) is 6.67. The van der Waals surface area contributed by atoms with Gasteiger partial charge >= 0.3 is 5.97 Å².